The summed E-state index contributed by atoms with van der Waals surface area (Å²) >= 11 is 1.35. The number of hydrogen-bond acceptors (Lipinski definition) is 5. The quantitative estimate of drug-likeness (QED) is 0.357. The molecule has 2 aromatic rings. The Hall–Kier alpha value is -2.05. The average Bonchev–Trinajstić information content (AvgIpc) is 3.15. The zero-order valence-corrected chi connectivity index (χ0v) is 14.7. The van der Waals surface area contributed by atoms with Crippen LogP contribution in [0.15, 0.2) is 58.0 Å². The molecule has 0 bridgehead atoms. The molecule has 0 aliphatic carbocycles. The van der Waals surface area contributed by atoms with Gasteiger partial charge in [-0.2, -0.15) is 0 Å². The topological polar surface area (TPSA) is 87.7 Å². The third kappa shape index (κ3) is 6.40. The van der Waals surface area contributed by atoms with E-state index in [2.05, 4.69) is 0 Å². The van der Waals surface area contributed by atoms with Crippen molar-refractivity contribution in [1.82, 2.24) is 0 Å². The predicted molar refractivity (Wildman–Crippen MR) is 95.9 cm³/mol. The summed E-state index contributed by atoms with van der Waals surface area (Å²) in [6.45, 7) is 0. The third-order valence-corrected chi connectivity index (χ3v) is 5.07. The summed E-state index contributed by atoms with van der Waals surface area (Å²) in [4.78, 5) is 24.2. The van der Waals surface area contributed by atoms with Gasteiger partial charge >= 0.3 is 5.97 Å². The maximum absolute atomic E-state index is 11.8. The Labute approximate surface area is 151 Å². The van der Waals surface area contributed by atoms with Crippen LogP contribution in [0, 0.1) is 0 Å². The molecule has 2 rings (SSSR count). The van der Waals surface area contributed by atoms with Crippen LogP contribution in [0.5, 0.6) is 0 Å². The molecule has 0 saturated heterocycles. The summed E-state index contributed by atoms with van der Waals surface area (Å²) in [7, 11) is 0. The number of carbonyl (C=O) groups excluding carboxylic acids is 1. The molecule has 1 aromatic heterocycles. The minimum atomic E-state index is -1.07. The van der Waals surface area contributed by atoms with Crippen LogP contribution < -0.4 is 0 Å². The molecular weight excluding hydrogens is 340 g/mol. The summed E-state index contributed by atoms with van der Waals surface area (Å²) in [5.41, 5.74) is 0. The summed E-state index contributed by atoms with van der Waals surface area (Å²) < 4.78 is 4.98. The second kappa shape index (κ2) is 10.1. The zero-order valence-electron chi connectivity index (χ0n) is 13.8. The normalized spacial score (nSPS) is 13.3. The maximum Gasteiger partial charge on any atom is 0.316 e. The molecule has 6 heteroatoms. The van der Waals surface area contributed by atoms with Crippen LogP contribution in [0.2, 0.25) is 0 Å². The molecule has 0 radical (unpaired) electrons. The number of benzene rings is 1. The largest absolute Gasteiger partial charge is 0.480 e. The molecule has 2 atom stereocenters. The fourth-order valence-corrected chi connectivity index (χ4v) is 3.48. The van der Waals surface area contributed by atoms with E-state index in [0.717, 1.165) is 17.7 Å². The van der Waals surface area contributed by atoms with E-state index in [1.165, 1.54) is 24.1 Å². The number of unbranched alkanes of at least 4 members (excludes halogenated alkanes) is 2. The van der Waals surface area contributed by atoms with E-state index < -0.39 is 23.1 Å². The lowest BCUT2D eigenvalue weighted by Gasteiger charge is -2.12. The van der Waals surface area contributed by atoms with Gasteiger partial charge < -0.3 is 14.6 Å². The zero-order chi connectivity index (χ0) is 18.1. The minimum absolute atomic E-state index is 0.165. The van der Waals surface area contributed by atoms with Crippen molar-refractivity contribution < 1.29 is 24.2 Å². The number of aliphatic hydroxyl groups excluding tert-OH is 1. The van der Waals surface area contributed by atoms with Gasteiger partial charge in [-0.3, -0.25) is 9.59 Å². The van der Waals surface area contributed by atoms with Gasteiger partial charge in [-0.1, -0.05) is 37.5 Å². The first kappa shape index (κ1) is 19.3. The van der Waals surface area contributed by atoms with Crippen LogP contribution in [0.25, 0.3) is 0 Å². The van der Waals surface area contributed by atoms with Crippen molar-refractivity contribution in [1.29, 1.82) is 0 Å². The Morgan fingerprint density at radius 1 is 1.00 bits per heavy atom. The molecular formula is C19H22O5S. The average molecular weight is 362 g/mol. The molecule has 1 heterocycles. The van der Waals surface area contributed by atoms with Gasteiger partial charge in [0.25, 0.3) is 0 Å². The first-order chi connectivity index (χ1) is 12.1. The van der Waals surface area contributed by atoms with Crippen molar-refractivity contribution in [3.63, 3.8) is 0 Å². The van der Waals surface area contributed by atoms with Crippen molar-refractivity contribution in [3.8, 4) is 0 Å². The number of aliphatic carboxylic acids is 1. The van der Waals surface area contributed by atoms with Crippen molar-refractivity contribution in [2.45, 2.75) is 48.4 Å². The molecule has 0 fully saturated rings. The molecule has 0 spiro atoms. The Morgan fingerprint density at radius 2 is 1.72 bits per heavy atom. The number of ketones is 1. The van der Waals surface area contributed by atoms with Crippen LogP contribution >= 0.6 is 11.8 Å². The number of rotatable bonds is 11. The highest BCUT2D eigenvalue weighted by atomic mass is 32.2. The molecule has 0 aliphatic rings. The number of carboxylic acid groups (broad SMARTS) is 1. The Kier molecular flexibility index (Phi) is 7.76. The highest BCUT2D eigenvalue weighted by molar-refractivity contribution is 8.00. The number of thioether (sulfide) groups is 1. The van der Waals surface area contributed by atoms with E-state index in [0.29, 0.717) is 19.3 Å². The van der Waals surface area contributed by atoms with Crippen LogP contribution in [0.1, 0.15) is 42.7 Å². The second-order valence-electron chi connectivity index (χ2n) is 5.75. The maximum atomic E-state index is 11.8. The number of carboxylic acids is 1. The molecule has 2 N–H and O–H groups in total. The summed E-state index contributed by atoms with van der Waals surface area (Å²) in [6, 6.07) is 12.6. The highest BCUT2D eigenvalue weighted by Crippen LogP contribution is 2.27. The molecule has 2 unspecified atom stereocenters. The molecule has 0 saturated carbocycles. The van der Waals surface area contributed by atoms with E-state index >= 15 is 0 Å². The predicted octanol–water partition coefficient (Wildman–Crippen LogP) is 4.02. The lowest BCUT2D eigenvalue weighted by Crippen LogP contribution is -2.20. The van der Waals surface area contributed by atoms with Crippen LogP contribution in [0.3, 0.4) is 0 Å². The molecule has 134 valence electrons. The highest BCUT2D eigenvalue weighted by Gasteiger charge is 2.20. The summed E-state index contributed by atoms with van der Waals surface area (Å²) in [6.07, 6.45) is 3.40. The molecule has 5 nitrogen and oxygen atoms in total. The lowest BCUT2D eigenvalue weighted by molar-refractivity contribution is -0.136. The number of hydrogen-bond donors (Lipinski definition) is 2. The van der Waals surface area contributed by atoms with Crippen molar-refractivity contribution in [2.24, 2.45) is 0 Å². The number of Topliss-reactive ketones (excluding diaryl/α,β-unsaturated/α-hetero) is 1. The lowest BCUT2D eigenvalue weighted by atomic mass is 10.0. The van der Waals surface area contributed by atoms with Gasteiger partial charge in [-0.05, 0) is 37.1 Å². The van der Waals surface area contributed by atoms with Crippen molar-refractivity contribution >= 4 is 23.5 Å². The monoisotopic (exact) mass is 362 g/mol. The second-order valence-corrected chi connectivity index (χ2v) is 7.03. The minimum Gasteiger partial charge on any atom is -0.480 e. The third-order valence-electron chi connectivity index (χ3n) is 3.81. The molecule has 0 amide bonds. The van der Waals surface area contributed by atoms with Gasteiger partial charge in [-0.15, -0.1) is 11.8 Å². The Morgan fingerprint density at radius 3 is 2.36 bits per heavy atom. The standard InChI is InChI=1S/C19H22O5S/c20-15(18(21)16-11-7-13-24-16)10-5-2-6-12-17(19(22)23)25-14-8-3-1-4-9-14/h1,3-4,7-9,11,13,15,17,20H,2,5-6,10,12H2,(H,22,23). The van der Waals surface area contributed by atoms with Gasteiger partial charge in [-0.25, -0.2) is 0 Å². The van der Waals surface area contributed by atoms with Gasteiger partial charge in [0.1, 0.15) is 11.4 Å². The van der Waals surface area contributed by atoms with Gasteiger partial charge in [0.15, 0.2) is 5.76 Å². The van der Waals surface area contributed by atoms with Crippen molar-refractivity contribution in [2.75, 3.05) is 0 Å². The van der Waals surface area contributed by atoms with E-state index in [4.69, 9.17) is 4.42 Å². The SMILES string of the molecule is O=C(c1ccco1)C(O)CCCCCC(Sc1ccccc1)C(=O)O. The van der Waals surface area contributed by atoms with Gasteiger partial charge in [0.05, 0.1) is 6.26 Å². The van der Waals surface area contributed by atoms with Crippen LogP contribution in [-0.2, 0) is 4.79 Å². The number of aliphatic hydroxyl groups is 1. The first-order valence-corrected chi connectivity index (χ1v) is 9.16. The smallest absolute Gasteiger partial charge is 0.316 e. The number of carbonyl (C=O) groups is 2. The van der Waals surface area contributed by atoms with Crippen molar-refractivity contribution in [3.05, 3.63) is 54.5 Å². The van der Waals surface area contributed by atoms with Crippen LogP contribution in [-0.4, -0.2) is 33.3 Å². The van der Waals surface area contributed by atoms with Gasteiger partial charge in [0.2, 0.25) is 5.78 Å². The first-order valence-electron chi connectivity index (χ1n) is 8.28. The molecule has 25 heavy (non-hydrogen) atoms. The van der Waals surface area contributed by atoms with E-state index in [1.54, 1.807) is 6.07 Å². The summed E-state index contributed by atoms with van der Waals surface area (Å²) in [5.74, 6) is -1.06. The summed E-state index contributed by atoms with van der Waals surface area (Å²) in [5, 5.41) is 18.7. The van der Waals surface area contributed by atoms with E-state index in [1.807, 2.05) is 30.3 Å². The van der Waals surface area contributed by atoms with Gasteiger partial charge in [0, 0.05) is 4.90 Å². The van der Waals surface area contributed by atoms with Crippen LogP contribution in [0.4, 0.5) is 0 Å². The fraction of sp³-hybridized carbons (Fsp3) is 0.368. The van der Waals surface area contributed by atoms with E-state index in [-0.39, 0.29) is 5.76 Å². The number of furan rings is 1. The molecule has 1 aromatic carbocycles. The van der Waals surface area contributed by atoms with E-state index in [9.17, 15) is 19.8 Å². The Balaban J connectivity index is 1.68. The fourth-order valence-electron chi connectivity index (χ4n) is 2.45. The molecule has 0 aliphatic heterocycles. The Bertz CT molecular complexity index is 654.